The molecule has 23 heavy (non-hydrogen) atoms. The molecule has 1 aromatic carbocycles. The number of likely N-dealkylation sites (tertiary alicyclic amines) is 1. The van der Waals surface area contributed by atoms with Crippen molar-refractivity contribution in [3.8, 4) is 16.3 Å². The molecule has 1 N–H and O–H groups in total. The maximum Gasteiger partial charge on any atom is 0.129 e. The summed E-state index contributed by atoms with van der Waals surface area (Å²) in [6.07, 6.45) is -0.294. The van der Waals surface area contributed by atoms with Gasteiger partial charge in [0.25, 0.3) is 0 Å². The quantitative estimate of drug-likeness (QED) is 0.906. The van der Waals surface area contributed by atoms with Crippen LogP contribution in [0, 0.1) is 0 Å². The Morgan fingerprint density at radius 3 is 2.83 bits per heavy atom. The van der Waals surface area contributed by atoms with Gasteiger partial charge in [-0.15, -0.1) is 11.3 Å². The summed E-state index contributed by atoms with van der Waals surface area (Å²) in [5.74, 6) is 0.845. The molecule has 0 spiro atoms. The molecule has 1 fully saturated rings. The van der Waals surface area contributed by atoms with Crippen molar-refractivity contribution < 1.29 is 9.84 Å². The van der Waals surface area contributed by atoms with Crippen molar-refractivity contribution in [1.29, 1.82) is 0 Å². The predicted octanol–water partition coefficient (Wildman–Crippen LogP) is 1.93. The van der Waals surface area contributed by atoms with Crippen LogP contribution in [0.2, 0.25) is 0 Å². The third kappa shape index (κ3) is 3.55. The van der Waals surface area contributed by atoms with Crippen molar-refractivity contribution in [2.45, 2.75) is 18.7 Å². The Hall–Kier alpha value is -1.47. The van der Waals surface area contributed by atoms with E-state index in [1.54, 1.807) is 18.4 Å². The van der Waals surface area contributed by atoms with Crippen LogP contribution < -0.4 is 4.74 Å². The minimum absolute atomic E-state index is 0.197. The standard InChI is InChI=1S/C17H23N3O2S/c1-19(2)14-9-20(10-15(14)21)8-12-11-23-17(18-12)13-6-4-5-7-16(13)22-3/h4-7,11,14-15,21H,8-10H2,1-3H3/t14-,15-/m0/s1. The molecule has 0 radical (unpaired) electrons. The number of β-amino-alcohol motifs (C(OH)–C–C–N with tert-alkyl or cyclic N) is 1. The summed E-state index contributed by atoms with van der Waals surface area (Å²) in [6, 6.07) is 8.14. The lowest BCUT2D eigenvalue weighted by molar-refractivity contribution is 0.112. The average Bonchev–Trinajstić information content (AvgIpc) is 3.14. The van der Waals surface area contributed by atoms with Gasteiger partial charge in [-0.3, -0.25) is 4.90 Å². The SMILES string of the molecule is COc1ccccc1-c1nc(CN2C[C@H](O)[C@@H](N(C)C)C2)cs1. The van der Waals surface area contributed by atoms with E-state index in [-0.39, 0.29) is 12.1 Å². The molecule has 0 aliphatic carbocycles. The number of rotatable bonds is 5. The zero-order chi connectivity index (χ0) is 16.4. The summed E-state index contributed by atoms with van der Waals surface area (Å²) in [4.78, 5) is 9.10. The second-order valence-electron chi connectivity index (χ2n) is 6.14. The second kappa shape index (κ2) is 6.97. The molecule has 2 heterocycles. The van der Waals surface area contributed by atoms with Crippen LogP contribution in [0.3, 0.4) is 0 Å². The van der Waals surface area contributed by atoms with E-state index in [2.05, 4.69) is 15.2 Å². The lowest BCUT2D eigenvalue weighted by atomic mass is 10.2. The molecule has 1 aromatic heterocycles. The molecule has 1 saturated heterocycles. The van der Waals surface area contributed by atoms with E-state index in [1.165, 1.54) is 0 Å². The number of aliphatic hydroxyl groups excluding tert-OH is 1. The van der Waals surface area contributed by atoms with Gasteiger partial charge in [0.2, 0.25) is 0 Å². The third-order valence-electron chi connectivity index (χ3n) is 4.27. The van der Waals surface area contributed by atoms with Crippen molar-refractivity contribution in [3.63, 3.8) is 0 Å². The monoisotopic (exact) mass is 333 g/mol. The molecular formula is C17H23N3O2S. The first-order valence-corrected chi connectivity index (χ1v) is 8.61. The molecule has 124 valence electrons. The van der Waals surface area contributed by atoms with Crippen LogP contribution in [-0.4, -0.2) is 66.3 Å². The lowest BCUT2D eigenvalue weighted by Gasteiger charge is -2.21. The van der Waals surface area contributed by atoms with Crippen LogP contribution in [0.25, 0.3) is 10.6 Å². The molecule has 0 unspecified atom stereocenters. The van der Waals surface area contributed by atoms with Gasteiger partial charge in [-0.2, -0.15) is 0 Å². The number of hydrogen-bond donors (Lipinski definition) is 1. The molecule has 3 rings (SSSR count). The number of thiazole rings is 1. The zero-order valence-corrected chi connectivity index (χ0v) is 14.6. The Morgan fingerprint density at radius 1 is 1.35 bits per heavy atom. The van der Waals surface area contributed by atoms with E-state index >= 15 is 0 Å². The van der Waals surface area contributed by atoms with E-state index in [4.69, 9.17) is 9.72 Å². The maximum absolute atomic E-state index is 10.1. The number of likely N-dealkylation sites (N-methyl/N-ethyl adjacent to an activating group) is 1. The van der Waals surface area contributed by atoms with Gasteiger partial charge < -0.3 is 14.7 Å². The normalized spacial score (nSPS) is 22.0. The van der Waals surface area contributed by atoms with E-state index < -0.39 is 0 Å². The maximum atomic E-state index is 10.1. The summed E-state index contributed by atoms with van der Waals surface area (Å²) in [7, 11) is 5.71. The fraction of sp³-hybridized carbons (Fsp3) is 0.471. The zero-order valence-electron chi connectivity index (χ0n) is 13.8. The Morgan fingerprint density at radius 2 is 2.13 bits per heavy atom. The van der Waals surface area contributed by atoms with Crippen LogP contribution in [-0.2, 0) is 6.54 Å². The largest absolute Gasteiger partial charge is 0.496 e. The lowest BCUT2D eigenvalue weighted by Crippen LogP contribution is -2.37. The highest BCUT2D eigenvalue weighted by Crippen LogP contribution is 2.32. The van der Waals surface area contributed by atoms with Crippen LogP contribution in [0.5, 0.6) is 5.75 Å². The fourth-order valence-electron chi connectivity index (χ4n) is 3.04. The van der Waals surface area contributed by atoms with Crippen LogP contribution in [0.1, 0.15) is 5.69 Å². The second-order valence-corrected chi connectivity index (χ2v) is 6.99. The molecule has 0 saturated carbocycles. The smallest absolute Gasteiger partial charge is 0.129 e. The summed E-state index contributed by atoms with van der Waals surface area (Å²) in [6.45, 7) is 2.34. The molecule has 0 amide bonds. The van der Waals surface area contributed by atoms with Gasteiger partial charge in [0.05, 0.1) is 24.5 Å². The highest BCUT2D eigenvalue weighted by atomic mass is 32.1. The van der Waals surface area contributed by atoms with E-state index in [9.17, 15) is 5.11 Å². The first-order valence-electron chi connectivity index (χ1n) is 7.73. The van der Waals surface area contributed by atoms with Crippen molar-refractivity contribution in [2.75, 3.05) is 34.3 Å². The number of aliphatic hydroxyl groups is 1. The van der Waals surface area contributed by atoms with Crippen LogP contribution in [0.15, 0.2) is 29.6 Å². The Balaban J connectivity index is 1.71. The van der Waals surface area contributed by atoms with E-state index in [0.717, 1.165) is 35.1 Å². The number of methoxy groups -OCH3 is 1. The molecule has 5 nitrogen and oxygen atoms in total. The predicted molar refractivity (Wildman–Crippen MR) is 92.9 cm³/mol. The molecule has 0 bridgehead atoms. The Kier molecular flexibility index (Phi) is 4.96. The number of nitrogens with zero attached hydrogens (tertiary/aromatic N) is 3. The number of ether oxygens (including phenoxy) is 1. The molecule has 1 aliphatic rings. The molecule has 6 heteroatoms. The molecule has 1 aliphatic heterocycles. The minimum Gasteiger partial charge on any atom is -0.496 e. The fourth-order valence-corrected chi connectivity index (χ4v) is 3.88. The summed E-state index contributed by atoms with van der Waals surface area (Å²) >= 11 is 1.63. The van der Waals surface area contributed by atoms with E-state index in [1.807, 2.05) is 38.4 Å². The number of aromatic nitrogens is 1. The average molecular weight is 333 g/mol. The van der Waals surface area contributed by atoms with Crippen molar-refractivity contribution in [1.82, 2.24) is 14.8 Å². The summed E-state index contributed by atoms with van der Waals surface area (Å²) in [5.41, 5.74) is 2.07. The van der Waals surface area contributed by atoms with Crippen molar-refractivity contribution >= 4 is 11.3 Å². The first-order chi connectivity index (χ1) is 11.1. The van der Waals surface area contributed by atoms with E-state index in [0.29, 0.717) is 6.54 Å². The van der Waals surface area contributed by atoms with Crippen LogP contribution >= 0.6 is 11.3 Å². The van der Waals surface area contributed by atoms with Gasteiger partial charge >= 0.3 is 0 Å². The Bertz CT molecular complexity index is 659. The third-order valence-corrected chi connectivity index (χ3v) is 5.20. The summed E-state index contributed by atoms with van der Waals surface area (Å²) < 4.78 is 5.41. The number of para-hydroxylation sites is 1. The van der Waals surface area contributed by atoms with Gasteiger partial charge in [0, 0.05) is 31.1 Å². The molecular weight excluding hydrogens is 310 g/mol. The number of hydrogen-bond acceptors (Lipinski definition) is 6. The van der Waals surface area contributed by atoms with Gasteiger partial charge in [0.1, 0.15) is 10.8 Å². The first kappa shape index (κ1) is 16.4. The van der Waals surface area contributed by atoms with Gasteiger partial charge in [0.15, 0.2) is 0 Å². The topological polar surface area (TPSA) is 48.8 Å². The minimum atomic E-state index is -0.294. The molecule has 2 aromatic rings. The van der Waals surface area contributed by atoms with Gasteiger partial charge in [-0.05, 0) is 26.2 Å². The van der Waals surface area contributed by atoms with Gasteiger partial charge in [-0.1, -0.05) is 12.1 Å². The highest BCUT2D eigenvalue weighted by Gasteiger charge is 2.32. The molecule has 2 atom stereocenters. The van der Waals surface area contributed by atoms with Crippen molar-refractivity contribution in [3.05, 3.63) is 35.3 Å². The Labute approximate surface area is 141 Å². The van der Waals surface area contributed by atoms with Crippen molar-refractivity contribution in [2.24, 2.45) is 0 Å². The number of benzene rings is 1. The highest BCUT2D eigenvalue weighted by molar-refractivity contribution is 7.13. The van der Waals surface area contributed by atoms with Crippen LogP contribution in [0.4, 0.5) is 0 Å². The summed E-state index contributed by atoms with van der Waals surface area (Å²) in [5, 5.41) is 13.2. The van der Waals surface area contributed by atoms with Gasteiger partial charge in [-0.25, -0.2) is 4.98 Å².